The second-order valence-corrected chi connectivity index (χ2v) is 6.08. The van der Waals surface area contributed by atoms with Crippen molar-refractivity contribution in [2.75, 3.05) is 33.4 Å². The summed E-state index contributed by atoms with van der Waals surface area (Å²) in [5.74, 6) is 1.66. The van der Waals surface area contributed by atoms with E-state index in [0.29, 0.717) is 6.04 Å². The third kappa shape index (κ3) is 3.57. The van der Waals surface area contributed by atoms with Crippen molar-refractivity contribution in [3.63, 3.8) is 0 Å². The number of hydrogen-bond donors (Lipinski definition) is 0. The summed E-state index contributed by atoms with van der Waals surface area (Å²) in [5.41, 5.74) is 1.38. The van der Waals surface area contributed by atoms with Gasteiger partial charge in [-0.3, -0.25) is 4.90 Å². The largest absolute Gasteiger partial charge is 0.497 e. The number of likely N-dealkylation sites (tertiary alicyclic amines) is 1. The number of methoxy groups -OCH3 is 1. The first-order valence-electron chi connectivity index (χ1n) is 7.87. The SMILES string of the molecule is COc1ccc(C2CC(C)CN2CCC2OCCO2)cc1. The zero-order chi connectivity index (χ0) is 14.7. The maximum Gasteiger partial charge on any atom is 0.159 e. The molecule has 116 valence electrons. The lowest BCUT2D eigenvalue weighted by Crippen LogP contribution is -2.28. The van der Waals surface area contributed by atoms with Crippen LogP contribution in [0, 0.1) is 5.92 Å². The van der Waals surface area contributed by atoms with E-state index in [1.54, 1.807) is 7.11 Å². The van der Waals surface area contributed by atoms with Gasteiger partial charge in [-0.15, -0.1) is 0 Å². The summed E-state index contributed by atoms with van der Waals surface area (Å²) in [5, 5.41) is 0. The normalized spacial score (nSPS) is 27.3. The predicted octanol–water partition coefficient (Wildman–Crippen LogP) is 2.84. The van der Waals surface area contributed by atoms with Crippen molar-refractivity contribution < 1.29 is 14.2 Å². The van der Waals surface area contributed by atoms with Crippen LogP contribution in [-0.2, 0) is 9.47 Å². The molecule has 2 fully saturated rings. The topological polar surface area (TPSA) is 30.9 Å². The first-order chi connectivity index (χ1) is 10.3. The fourth-order valence-electron chi connectivity index (χ4n) is 3.40. The molecule has 21 heavy (non-hydrogen) atoms. The molecule has 0 bridgehead atoms. The Morgan fingerprint density at radius 3 is 2.57 bits per heavy atom. The molecule has 2 heterocycles. The third-order valence-corrected chi connectivity index (χ3v) is 4.46. The van der Waals surface area contributed by atoms with Crippen LogP contribution in [0.2, 0.25) is 0 Å². The lowest BCUT2D eigenvalue weighted by molar-refractivity contribution is -0.0522. The standard InChI is InChI=1S/C17H25NO3/c1-13-11-16(14-3-5-15(19-2)6-4-14)18(12-13)8-7-17-20-9-10-21-17/h3-6,13,16-17H,7-12H2,1-2H3. The highest BCUT2D eigenvalue weighted by molar-refractivity contribution is 5.29. The molecule has 2 aliphatic rings. The molecule has 0 saturated carbocycles. The Bertz CT molecular complexity index is 442. The summed E-state index contributed by atoms with van der Waals surface area (Å²) in [6, 6.07) is 9.00. The number of benzene rings is 1. The quantitative estimate of drug-likeness (QED) is 0.834. The predicted molar refractivity (Wildman–Crippen MR) is 81.4 cm³/mol. The van der Waals surface area contributed by atoms with Crippen LogP contribution in [-0.4, -0.2) is 44.6 Å². The van der Waals surface area contributed by atoms with E-state index in [4.69, 9.17) is 14.2 Å². The van der Waals surface area contributed by atoms with Gasteiger partial charge in [-0.2, -0.15) is 0 Å². The minimum Gasteiger partial charge on any atom is -0.497 e. The van der Waals surface area contributed by atoms with Crippen molar-refractivity contribution >= 4 is 0 Å². The van der Waals surface area contributed by atoms with E-state index < -0.39 is 0 Å². The Kier molecular flexibility index (Phi) is 4.78. The highest BCUT2D eigenvalue weighted by Crippen LogP contribution is 2.36. The second kappa shape index (κ2) is 6.77. The fraction of sp³-hybridized carbons (Fsp3) is 0.647. The highest BCUT2D eigenvalue weighted by atomic mass is 16.7. The summed E-state index contributed by atoms with van der Waals surface area (Å²) >= 11 is 0. The molecule has 1 aromatic carbocycles. The van der Waals surface area contributed by atoms with Crippen molar-refractivity contribution in [3.05, 3.63) is 29.8 Å². The van der Waals surface area contributed by atoms with E-state index >= 15 is 0 Å². The van der Waals surface area contributed by atoms with Crippen LogP contribution in [0.3, 0.4) is 0 Å². The monoisotopic (exact) mass is 291 g/mol. The van der Waals surface area contributed by atoms with Crippen molar-refractivity contribution in [3.8, 4) is 5.75 Å². The fourth-order valence-corrected chi connectivity index (χ4v) is 3.40. The van der Waals surface area contributed by atoms with Crippen LogP contribution in [0.25, 0.3) is 0 Å². The molecule has 4 nitrogen and oxygen atoms in total. The summed E-state index contributed by atoms with van der Waals surface area (Å²) in [4.78, 5) is 2.57. The highest BCUT2D eigenvalue weighted by Gasteiger charge is 2.31. The minimum atomic E-state index is -0.00239. The molecule has 0 aliphatic carbocycles. The Morgan fingerprint density at radius 1 is 1.19 bits per heavy atom. The van der Waals surface area contributed by atoms with Gasteiger partial charge in [0, 0.05) is 25.6 Å². The molecule has 0 radical (unpaired) electrons. The van der Waals surface area contributed by atoms with Gasteiger partial charge < -0.3 is 14.2 Å². The van der Waals surface area contributed by atoms with Crippen molar-refractivity contribution in [2.45, 2.75) is 32.1 Å². The smallest absolute Gasteiger partial charge is 0.159 e. The maximum atomic E-state index is 5.55. The van der Waals surface area contributed by atoms with Gasteiger partial charge in [0.1, 0.15) is 5.75 Å². The van der Waals surface area contributed by atoms with E-state index in [9.17, 15) is 0 Å². The summed E-state index contributed by atoms with van der Waals surface area (Å²) in [6.45, 7) is 6.00. The molecule has 1 aromatic rings. The Hall–Kier alpha value is -1.10. The molecule has 2 saturated heterocycles. The Morgan fingerprint density at radius 2 is 1.90 bits per heavy atom. The molecular weight excluding hydrogens is 266 g/mol. The number of nitrogens with zero attached hydrogens (tertiary/aromatic N) is 1. The molecule has 0 N–H and O–H groups in total. The summed E-state index contributed by atoms with van der Waals surface area (Å²) in [6.07, 6.45) is 2.18. The molecular formula is C17H25NO3. The van der Waals surface area contributed by atoms with Crippen molar-refractivity contribution in [1.82, 2.24) is 4.90 Å². The van der Waals surface area contributed by atoms with E-state index in [1.807, 2.05) is 0 Å². The number of hydrogen-bond acceptors (Lipinski definition) is 4. The van der Waals surface area contributed by atoms with Gasteiger partial charge in [0.15, 0.2) is 6.29 Å². The minimum absolute atomic E-state index is 0.00239. The first-order valence-corrected chi connectivity index (χ1v) is 7.87. The number of ether oxygens (including phenoxy) is 3. The van der Waals surface area contributed by atoms with Crippen LogP contribution in [0.4, 0.5) is 0 Å². The average Bonchev–Trinajstić information content (AvgIpc) is 3.14. The van der Waals surface area contributed by atoms with Gasteiger partial charge in [-0.05, 0) is 30.0 Å². The summed E-state index contributed by atoms with van der Waals surface area (Å²) in [7, 11) is 1.71. The number of rotatable bonds is 5. The Balaban J connectivity index is 1.63. The van der Waals surface area contributed by atoms with Crippen LogP contribution >= 0.6 is 0 Å². The first kappa shape index (κ1) is 14.8. The van der Waals surface area contributed by atoms with Gasteiger partial charge in [0.05, 0.1) is 20.3 Å². The van der Waals surface area contributed by atoms with E-state index in [1.165, 1.54) is 12.0 Å². The van der Waals surface area contributed by atoms with Gasteiger partial charge in [0.25, 0.3) is 0 Å². The van der Waals surface area contributed by atoms with Crippen LogP contribution in [0.1, 0.15) is 31.4 Å². The second-order valence-electron chi connectivity index (χ2n) is 6.08. The third-order valence-electron chi connectivity index (χ3n) is 4.46. The van der Waals surface area contributed by atoms with Crippen molar-refractivity contribution in [2.24, 2.45) is 5.92 Å². The molecule has 3 rings (SSSR count). The van der Waals surface area contributed by atoms with Crippen LogP contribution < -0.4 is 4.74 Å². The lowest BCUT2D eigenvalue weighted by Gasteiger charge is -2.25. The average molecular weight is 291 g/mol. The van der Waals surface area contributed by atoms with Gasteiger partial charge in [-0.1, -0.05) is 19.1 Å². The van der Waals surface area contributed by atoms with Gasteiger partial charge in [-0.25, -0.2) is 0 Å². The van der Waals surface area contributed by atoms with E-state index in [0.717, 1.165) is 44.4 Å². The van der Waals surface area contributed by atoms with E-state index in [2.05, 4.69) is 36.1 Å². The summed E-state index contributed by atoms with van der Waals surface area (Å²) < 4.78 is 16.3. The molecule has 0 aromatic heterocycles. The molecule has 0 spiro atoms. The van der Waals surface area contributed by atoms with Gasteiger partial charge in [0.2, 0.25) is 0 Å². The van der Waals surface area contributed by atoms with E-state index in [-0.39, 0.29) is 6.29 Å². The molecule has 2 aliphatic heterocycles. The lowest BCUT2D eigenvalue weighted by atomic mass is 10.0. The van der Waals surface area contributed by atoms with Crippen LogP contribution in [0.5, 0.6) is 5.75 Å². The Labute approximate surface area is 127 Å². The molecule has 2 unspecified atom stereocenters. The van der Waals surface area contributed by atoms with Gasteiger partial charge >= 0.3 is 0 Å². The molecule has 4 heteroatoms. The molecule has 2 atom stereocenters. The van der Waals surface area contributed by atoms with Crippen LogP contribution in [0.15, 0.2) is 24.3 Å². The maximum absolute atomic E-state index is 5.55. The molecule has 0 amide bonds. The zero-order valence-electron chi connectivity index (χ0n) is 13.0. The van der Waals surface area contributed by atoms with Crippen molar-refractivity contribution in [1.29, 1.82) is 0 Å². The zero-order valence-corrected chi connectivity index (χ0v) is 13.0.